The van der Waals surface area contributed by atoms with Crippen LogP contribution in [0.25, 0.3) is 0 Å². The highest BCUT2D eigenvalue weighted by molar-refractivity contribution is 5.82. The molecular weight excluding hydrogens is 250 g/mol. The van der Waals surface area contributed by atoms with Gasteiger partial charge in [-0.15, -0.1) is 0 Å². The molecule has 19 heavy (non-hydrogen) atoms. The standard InChI is InChI=1S/C13H15NO5/c1-14-10(15)7-19-12(13(16)17)11(14)8-4-3-5-9(6-8)18-2/h3-6,11-12H,7H2,1-2H3,(H,16,17). The summed E-state index contributed by atoms with van der Waals surface area (Å²) >= 11 is 0. The van der Waals surface area contributed by atoms with E-state index in [0.717, 1.165) is 0 Å². The summed E-state index contributed by atoms with van der Waals surface area (Å²) in [7, 11) is 3.10. The lowest BCUT2D eigenvalue weighted by Gasteiger charge is -2.37. The van der Waals surface area contributed by atoms with Crippen LogP contribution in [0.5, 0.6) is 5.75 Å². The van der Waals surface area contributed by atoms with E-state index in [-0.39, 0.29) is 12.5 Å². The number of carbonyl (C=O) groups is 2. The molecule has 1 aromatic rings. The van der Waals surface area contributed by atoms with Crippen molar-refractivity contribution < 1.29 is 24.2 Å². The summed E-state index contributed by atoms with van der Waals surface area (Å²) in [6.07, 6.45) is -1.07. The zero-order valence-corrected chi connectivity index (χ0v) is 10.7. The first-order chi connectivity index (χ1) is 9.04. The number of carboxylic acid groups (broad SMARTS) is 1. The predicted octanol–water partition coefficient (Wildman–Crippen LogP) is 0.678. The molecule has 0 saturated carbocycles. The fourth-order valence-electron chi connectivity index (χ4n) is 2.14. The molecule has 1 aliphatic heterocycles. The van der Waals surface area contributed by atoms with Gasteiger partial charge in [-0.2, -0.15) is 0 Å². The maximum absolute atomic E-state index is 11.7. The number of nitrogens with zero attached hydrogens (tertiary/aromatic N) is 1. The molecule has 6 nitrogen and oxygen atoms in total. The Morgan fingerprint density at radius 2 is 2.26 bits per heavy atom. The van der Waals surface area contributed by atoms with Crippen molar-refractivity contribution in [3.05, 3.63) is 29.8 Å². The summed E-state index contributed by atoms with van der Waals surface area (Å²) in [5.74, 6) is -0.731. The van der Waals surface area contributed by atoms with Crippen LogP contribution in [0.4, 0.5) is 0 Å². The maximum atomic E-state index is 11.7. The van der Waals surface area contributed by atoms with Gasteiger partial charge in [-0.25, -0.2) is 4.79 Å². The Hall–Kier alpha value is -2.08. The van der Waals surface area contributed by atoms with Crippen molar-refractivity contribution >= 4 is 11.9 Å². The van der Waals surface area contributed by atoms with Crippen molar-refractivity contribution in [3.63, 3.8) is 0 Å². The number of benzene rings is 1. The van der Waals surface area contributed by atoms with Gasteiger partial charge in [-0.3, -0.25) is 4.79 Å². The first-order valence-corrected chi connectivity index (χ1v) is 5.78. The van der Waals surface area contributed by atoms with Gasteiger partial charge in [0.25, 0.3) is 0 Å². The normalized spacial score (nSPS) is 23.3. The number of ether oxygens (including phenoxy) is 2. The van der Waals surface area contributed by atoms with E-state index >= 15 is 0 Å². The maximum Gasteiger partial charge on any atom is 0.335 e. The lowest BCUT2D eigenvalue weighted by atomic mass is 9.98. The van der Waals surface area contributed by atoms with E-state index in [1.807, 2.05) is 0 Å². The number of carboxylic acids is 1. The Kier molecular flexibility index (Phi) is 3.71. The van der Waals surface area contributed by atoms with Crippen molar-refractivity contribution in [3.8, 4) is 5.75 Å². The summed E-state index contributed by atoms with van der Waals surface area (Å²) in [5, 5.41) is 9.21. The van der Waals surface area contributed by atoms with Gasteiger partial charge in [-0.05, 0) is 17.7 Å². The molecular formula is C13H15NO5. The summed E-state index contributed by atoms with van der Waals surface area (Å²) in [4.78, 5) is 24.3. The Labute approximate surface area is 110 Å². The number of rotatable bonds is 3. The first-order valence-electron chi connectivity index (χ1n) is 5.78. The van der Waals surface area contributed by atoms with E-state index in [1.165, 1.54) is 12.0 Å². The van der Waals surface area contributed by atoms with E-state index in [1.54, 1.807) is 31.3 Å². The van der Waals surface area contributed by atoms with Gasteiger partial charge in [-0.1, -0.05) is 12.1 Å². The molecule has 0 bridgehead atoms. The quantitative estimate of drug-likeness (QED) is 0.869. The SMILES string of the molecule is COc1cccc(C2C(C(=O)O)OCC(=O)N2C)c1. The Morgan fingerprint density at radius 3 is 2.89 bits per heavy atom. The lowest BCUT2D eigenvalue weighted by Crippen LogP contribution is -2.50. The fraction of sp³-hybridized carbons (Fsp3) is 0.385. The van der Waals surface area contributed by atoms with Crippen LogP contribution in [-0.4, -0.2) is 48.8 Å². The second kappa shape index (κ2) is 5.27. The van der Waals surface area contributed by atoms with Gasteiger partial charge in [0.15, 0.2) is 6.10 Å². The summed E-state index contributed by atoms with van der Waals surface area (Å²) < 4.78 is 10.2. The van der Waals surface area contributed by atoms with Gasteiger partial charge < -0.3 is 19.5 Å². The third-order valence-electron chi connectivity index (χ3n) is 3.16. The highest BCUT2D eigenvalue weighted by Gasteiger charge is 2.40. The van der Waals surface area contributed by atoms with E-state index in [2.05, 4.69) is 0 Å². The average molecular weight is 265 g/mol. The van der Waals surface area contributed by atoms with E-state index < -0.39 is 18.1 Å². The summed E-state index contributed by atoms with van der Waals surface area (Å²) in [6.45, 7) is -0.214. The molecule has 0 aromatic heterocycles. The molecule has 6 heteroatoms. The monoisotopic (exact) mass is 265 g/mol. The molecule has 1 amide bonds. The second-order valence-electron chi connectivity index (χ2n) is 4.30. The van der Waals surface area contributed by atoms with E-state index in [9.17, 15) is 14.7 Å². The van der Waals surface area contributed by atoms with Gasteiger partial charge in [0.1, 0.15) is 12.4 Å². The zero-order chi connectivity index (χ0) is 14.0. The summed E-state index contributed by atoms with van der Waals surface area (Å²) in [6, 6.07) is 6.31. The van der Waals surface area contributed by atoms with Crippen LogP contribution in [0, 0.1) is 0 Å². The highest BCUT2D eigenvalue weighted by Crippen LogP contribution is 2.30. The highest BCUT2D eigenvalue weighted by atomic mass is 16.5. The van der Waals surface area contributed by atoms with Crippen LogP contribution < -0.4 is 4.74 Å². The van der Waals surface area contributed by atoms with Crippen LogP contribution in [-0.2, 0) is 14.3 Å². The number of hydrogen-bond acceptors (Lipinski definition) is 4. The first kappa shape index (κ1) is 13.4. The van der Waals surface area contributed by atoms with Crippen molar-refractivity contribution in [2.45, 2.75) is 12.1 Å². The molecule has 1 fully saturated rings. The van der Waals surface area contributed by atoms with Crippen LogP contribution in [0.1, 0.15) is 11.6 Å². The second-order valence-corrected chi connectivity index (χ2v) is 4.30. The van der Waals surface area contributed by atoms with Crippen molar-refractivity contribution in [2.24, 2.45) is 0 Å². The largest absolute Gasteiger partial charge is 0.497 e. The molecule has 0 radical (unpaired) electrons. The fourth-order valence-corrected chi connectivity index (χ4v) is 2.14. The van der Waals surface area contributed by atoms with Gasteiger partial charge >= 0.3 is 5.97 Å². The van der Waals surface area contributed by atoms with Crippen molar-refractivity contribution in [2.75, 3.05) is 20.8 Å². The van der Waals surface area contributed by atoms with Gasteiger partial charge in [0.05, 0.1) is 13.2 Å². The topological polar surface area (TPSA) is 76.1 Å². The number of carbonyl (C=O) groups excluding carboxylic acids is 1. The number of likely N-dealkylation sites (N-methyl/N-ethyl adjacent to an activating group) is 1. The molecule has 1 N–H and O–H groups in total. The van der Waals surface area contributed by atoms with Crippen LogP contribution in [0.15, 0.2) is 24.3 Å². The summed E-state index contributed by atoms with van der Waals surface area (Å²) in [5.41, 5.74) is 0.669. The molecule has 2 rings (SSSR count). The van der Waals surface area contributed by atoms with Crippen LogP contribution >= 0.6 is 0 Å². The van der Waals surface area contributed by atoms with Crippen molar-refractivity contribution in [1.82, 2.24) is 4.90 Å². The molecule has 102 valence electrons. The molecule has 0 spiro atoms. The number of hydrogen-bond donors (Lipinski definition) is 1. The lowest BCUT2D eigenvalue weighted by molar-refractivity contribution is -0.171. The molecule has 1 aliphatic rings. The number of aliphatic carboxylic acids is 1. The molecule has 1 heterocycles. The average Bonchev–Trinajstić information content (AvgIpc) is 2.41. The number of morpholine rings is 1. The molecule has 0 aliphatic carbocycles. The molecule has 1 saturated heterocycles. The van der Waals surface area contributed by atoms with E-state index in [4.69, 9.17) is 9.47 Å². The molecule has 2 atom stereocenters. The Morgan fingerprint density at radius 1 is 1.53 bits per heavy atom. The molecule has 1 aromatic carbocycles. The van der Waals surface area contributed by atoms with Gasteiger partial charge in [0.2, 0.25) is 5.91 Å². The van der Waals surface area contributed by atoms with Crippen molar-refractivity contribution in [1.29, 1.82) is 0 Å². The minimum Gasteiger partial charge on any atom is -0.497 e. The van der Waals surface area contributed by atoms with E-state index in [0.29, 0.717) is 11.3 Å². The minimum absolute atomic E-state index is 0.214. The number of methoxy groups -OCH3 is 1. The smallest absolute Gasteiger partial charge is 0.335 e. The van der Waals surface area contributed by atoms with Gasteiger partial charge in [0, 0.05) is 7.05 Å². The zero-order valence-electron chi connectivity index (χ0n) is 10.7. The van der Waals surface area contributed by atoms with Crippen LogP contribution in [0.2, 0.25) is 0 Å². The Balaban J connectivity index is 2.40. The third-order valence-corrected chi connectivity index (χ3v) is 3.16. The predicted molar refractivity (Wildman–Crippen MR) is 65.9 cm³/mol. The van der Waals surface area contributed by atoms with Crippen LogP contribution in [0.3, 0.4) is 0 Å². The Bertz CT molecular complexity index is 502. The third kappa shape index (κ3) is 2.53. The number of amides is 1. The minimum atomic E-state index is -1.09. The molecule has 2 unspecified atom stereocenters.